The molecule has 5 aromatic carbocycles. The normalized spacial score (nSPS) is 17.2. The van der Waals surface area contributed by atoms with Crippen molar-refractivity contribution < 1.29 is 47.7 Å². The van der Waals surface area contributed by atoms with Gasteiger partial charge in [0.2, 0.25) is 23.6 Å². The van der Waals surface area contributed by atoms with E-state index in [2.05, 4.69) is 26.6 Å². The molecule has 0 radical (unpaired) electrons. The minimum Gasteiger partial charge on any atom is -0.493 e. The maximum absolute atomic E-state index is 14.1. The number of hydrogen-bond acceptors (Lipinski definition) is 12. The molecule has 10 rings (SSSR count). The summed E-state index contributed by atoms with van der Waals surface area (Å²) >= 11 is 0. The number of amides is 6. The molecule has 0 saturated heterocycles. The van der Waals surface area contributed by atoms with E-state index in [0.29, 0.717) is 75.3 Å². The van der Waals surface area contributed by atoms with Crippen molar-refractivity contribution in [2.75, 3.05) is 60.8 Å². The number of aliphatic imine (C=N–C) groups is 1. The number of carbonyl (C=O) groups is 6. The van der Waals surface area contributed by atoms with Gasteiger partial charge in [0.1, 0.15) is 13.2 Å². The molecule has 5 N–H and O–H groups in total. The number of fused-ring (bicyclic) bond motifs is 8. The zero-order valence-electron chi connectivity index (χ0n) is 40.6. The summed E-state index contributed by atoms with van der Waals surface area (Å²) in [7, 11) is 3.00. The Bertz CT molecular complexity index is 3040. The van der Waals surface area contributed by atoms with Gasteiger partial charge in [0, 0.05) is 54.3 Å². The van der Waals surface area contributed by atoms with Crippen molar-refractivity contribution >= 4 is 70.1 Å². The lowest BCUT2D eigenvalue weighted by Gasteiger charge is -2.22. The number of carbonyl (C=O) groups excluding carboxylic acids is 6. The molecule has 1 aliphatic carbocycles. The highest BCUT2D eigenvalue weighted by atomic mass is 16.5. The Balaban J connectivity index is 0.840. The molecule has 0 aromatic heterocycles. The first-order valence-electron chi connectivity index (χ1n) is 24.6. The second kappa shape index (κ2) is 21.1. The molecule has 376 valence electrons. The molecule has 18 heteroatoms. The number of benzene rings is 5. The van der Waals surface area contributed by atoms with Crippen LogP contribution in [0.25, 0.3) is 0 Å². The number of nitrogens with one attached hydrogen (secondary N) is 5. The van der Waals surface area contributed by atoms with Crippen LogP contribution in [-0.2, 0) is 45.2 Å². The van der Waals surface area contributed by atoms with Crippen molar-refractivity contribution in [1.29, 1.82) is 0 Å². The summed E-state index contributed by atoms with van der Waals surface area (Å²) in [5.74, 6) is -0.872. The lowest BCUT2D eigenvalue weighted by Crippen LogP contribution is -2.44. The lowest BCUT2D eigenvalue weighted by molar-refractivity contribution is -0.130. The van der Waals surface area contributed by atoms with Crippen molar-refractivity contribution in [2.24, 2.45) is 10.9 Å². The number of rotatable bonds is 16. The fourth-order valence-electron chi connectivity index (χ4n) is 10.3. The topological polar surface area (TPSA) is 218 Å². The number of ether oxygens (including phenoxy) is 4. The first-order chi connectivity index (χ1) is 35.5. The molecule has 4 aliphatic heterocycles. The Morgan fingerprint density at radius 1 is 0.644 bits per heavy atom. The third kappa shape index (κ3) is 10.4. The smallest absolute Gasteiger partial charge is 0.261 e. The van der Waals surface area contributed by atoms with Crippen molar-refractivity contribution in [2.45, 2.75) is 70.2 Å². The first-order valence-corrected chi connectivity index (χ1v) is 24.6. The third-order valence-electron chi connectivity index (χ3n) is 13.9. The predicted molar refractivity (Wildman–Crippen MR) is 273 cm³/mol. The van der Waals surface area contributed by atoms with Gasteiger partial charge in [-0.15, -0.1) is 0 Å². The summed E-state index contributed by atoms with van der Waals surface area (Å²) in [6.45, 7) is -0.527. The molecule has 18 nitrogen and oxygen atoms in total. The van der Waals surface area contributed by atoms with E-state index in [9.17, 15) is 28.8 Å². The van der Waals surface area contributed by atoms with E-state index >= 15 is 0 Å². The van der Waals surface area contributed by atoms with Crippen LogP contribution in [0.3, 0.4) is 0 Å². The van der Waals surface area contributed by atoms with Crippen LogP contribution < -0.4 is 55.3 Å². The first kappa shape index (κ1) is 48.2. The van der Waals surface area contributed by atoms with E-state index in [1.54, 1.807) is 47.5 Å². The number of nitrogens with zero attached hydrogens (tertiary/aromatic N) is 3. The van der Waals surface area contributed by atoms with E-state index in [0.717, 1.165) is 61.0 Å². The van der Waals surface area contributed by atoms with Crippen LogP contribution >= 0.6 is 0 Å². The number of methoxy groups -OCH3 is 2. The fourth-order valence-corrected chi connectivity index (χ4v) is 10.3. The summed E-state index contributed by atoms with van der Waals surface area (Å²) in [6, 6.07) is 27.5. The summed E-state index contributed by atoms with van der Waals surface area (Å²) in [5.41, 5.74) is 7.42. The monoisotopic (exact) mass is 988 g/mol. The van der Waals surface area contributed by atoms with Gasteiger partial charge in [-0.3, -0.25) is 38.7 Å². The van der Waals surface area contributed by atoms with Crippen molar-refractivity contribution in [1.82, 2.24) is 16.0 Å². The molecule has 1 fully saturated rings. The quantitative estimate of drug-likeness (QED) is 0.0771. The van der Waals surface area contributed by atoms with Gasteiger partial charge in [-0.2, -0.15) is 0 Å². The molecule has 5 aromatic rings. The average molecular weight is 989 g/mol. The molecule has 4 heterocycles. The van der Waals surface area contributed by atoms with Gasteiger partial charge in [0.05, 0.1) is 68.4 Å². The zero-order chi connectivity index (χ0) is 50.6. The minimum atomic E-state index is -0.597. The zero-order valence-corrected chi connectivity index (χ0v) is 40.6. The van der Waals surface area contributed by atoms with Crippen LogP contribution in [0.1, 0.15) is 75.1 Å². The highest BCUT2D eigenvalue weighted by Crippen LogP contribution is 2.43. The highest BCUT2D eigenvalue weighted by Gasteiger charge is 2.39. The van der Waals surface area contributed by atoms with E-state index in [4.69, 9.17) is 23.9 Å². The van der Waals surface area contributed by atoms with Crippen LogP contribution in [0.15, 0.2) is 96.0 Å². The third-order valence-corrected chi connectivity index (χ3v) is 13.9. The van der Waals surface area contributed by atoms with Gasteiger partial charge in [-0.05, 0) is 84.0 Å². The Labute approximate surface area is 421 Å². The molecule has 0 bridgehead atoms. The fraction of sp³-hybridized carbons (Fsp3) is 0.327. The summed E-state index contributed by atoms with van der Waals surface area (Å²) < 4.78 is 24.3. The molecule has 5 aliphatic rings. The van der Waals surface area contributed by atoms with E-state index in [1.165, 1.54) is 14.2 Å². The van der Waals surface area contributed by atoms with Crippen LogP contribution in [-0.4, -0.2) is 94.1 Å². The largest absolute Gasteiger partial charge is 0.493 e. The van der Waals surface area contributed by atoms with E-state index in [-0.39, 0.29) is 62.0 Å². The van der Waals surface area contributed by atoms with Crippen molar-refractivity contribution in [3.63, 3.8) is 0 Å². The molecule has 1 unspecified atom stereocenters. The molecule has 73 heavy (non-hydrogen) atoms. The molecule has 6 amide bonds. The van der Waals surface area contributed by atoms with E-state index < -0.39 is 24.3 Å². The predicted octanol–water partition coefficient (Wildman–Crippen LogP) is 6.01. The van der Waals surface area contributed by atoms with Crippen molar-refractivity contribution in [3.8, 4) is 23.0 Å². The van der Waals surface area contributed by atoms with Crippen LogP contribution in [0.4, 0.5) is 28.4 Å². The summed E-state index contributed by atoms with van der Waals surface area (Å²) in [4.78, 5) is 87.4. The van der Waals surface area contributed by atoms with Crippen molar-refractivity contribution in [3.05, 3.63) is 124 Å². The van der Waals surface area contributed by atoms with Crippen LogP contribution in [0.5, 0.6) is 23.0 Å². The maximum Gasteiger partial charge on any atom is 0.261 e. The molecular formula is C55H56N8O10. The minimum absolute atomic E-state index is 0.000733. The van der Waals surface area contributed by atoms with Gasteiger partial charge in [0.15, 0.2) is 23.0 Å². The standard InChI is InChI=1S/C55H56N8O10/c1-70-46-21-40-42(56-25-38-19-35-12-6-8-14-44(35)62(38)54(40)68)23-48(46)72-30-32-16-33(18-37(17-32)61-52(66)29-59-50(64)27-58-51(65)28-60-53(67)34-10-4-3-5-11-34)31-73-49-24-43-41(22-47(49)71-2)55(69)63-39(26-57-43)20-36-13-7-9-15-45(36)63/h6-9,12-18,21-25,34,38-39,57H,3-5,10-11,19-20,26-31H2,1-2H3,(H,58,65)(H,59,64)(H,60,67)(H,61,66)/t38-,39?/m0/s1. The van der Waals surface area contributed by atoms with Crippen LogP contribution in [0, 0.1) is 5.92 Å². The molecule has 0 spiro atoms. The number of para-hydroxylation sites is 2. The van der Waals surface area contributed by atoms with Gasteiger partial charge in [0.25, 0.3) is 11.8 Å². The second-order valence-electron chi connectivity index (χ2n) is 18.7. The summed E-state index contributed by atoms with van der Waals surface area (Å²) in [5, 5.41) is 14.0. The lowest BCUT2D eigenvalue weighted by atomic mass is 9.89. The van der Waals surface area contributed by atoms with E-state index in [1.807, 2.05) is 59.5 Å². The Hall–Kier alpha value is -8.41. The number of anilines is 4. The summed E-state index contributed by atoms with van der Waals surface area (Å²) in [6.07, 6.45) is 7.84. The van der Waals surface area contributed by atoms with Gasteiger partial charge in [-0.1, -0.05) is 55.7 Å². The maximum atomic E-state index is 14.1. The Morgan fingerprint density at radius 2 is 1.23 bits per heavy atom. The highest BCUT2D eigenvalue weighted by molar-refractivity contribution is 6.15. The molecule has 1 saturated carbocycles. The Kier molecular flexibility index (Phi) is 14.0. The van der Waals surface area contributed by atoms with Gasteiger partial charge in [-0.25, -0.2) is 0 Å². The average Bonchev–Trinajstić information content (AvgIpc) is 3.90. The Morgan fingerprint density at radius 3 is 1.92 bits per heavy atom. The van der Waals surface area contributed by atoms with Gasteiger partial charge >= 0.3 is 0 Å². The molecular weight excluding hydrogens is 933 g/mol. The molecule has 2 atom stereocenters. The second-order valence-corrected chi connectivity index (χ2v) is 18.7. The van der Waals surface area contributed by atoms with Crippen LogP contribution in [0.2, 0.25) is 0 Å². The SMILES string of the molecule is COc1cc2c(cc1OCc1cc(COc3cc4c(cc3OC)C(=O)N3c5ccccc5CC3CN4)cc(NC(=O)CNC(=O)CNC(=O)CNC(=O)C3CCCCC3)c1)N=C[C@@H]1Cc3ccccc3N1C2=O. The van der Waals surface area contributed by atoms with Gasteiger partial charge < -0.3 is 50.4 Å². The number of hydrogen-bond donors (Lipinski definition) is 5.